The molecule has 1 heterocycles. The van der Waals surface area contributed by atoms with Gasteiger partial charge in [-0.3, -0.25) is 4.79 Å². The molecule has 0 saturated heterocycles. The van der Waals surface area contributed by atoms with E-state index in [1.165, 1.54) is 5.56 Å². The highest BCUT2D eigenvalue weighted by Gasteiger charge is 2.23. The maximum absolute atomic E-state index is 13.8. The Morgan fingerprint density at radius 2 is 1.85 bits per heavy atom. The Morgan fingerprint density at radius 3 is 2.56 bits per heavy atom. The number of hydrogen-bond acceptors (Lipinski definition) is 5. The van der Waals surface area contributed by atoms with E-state index in [1.807, 2.05) is 30.3 Å². The van der Waals surface area contributed by atoms with Gasteiger partial charge in [0.05, 0.1) is 10.8 Å². The quantitative estimate of drug-likeness (QED) is 0.418. The predicted octanol–water partition coefficient (Wildman–Crippen LogP) is 5.06. The Morgan fingerprint density at radius 1 is 1.11 bits per heavy atom. The number of aromatic nitrogens is 2. The predicted molar refractivity (Wildman–Crippen MR) is 98.9 cm³/mol. The molecular weight excluding hydrogens is 370 g/mol. The second kappa shape index (κ2) is 8.43. The third-order valence-electron chi connectivity index (χ3n) is 4.14. The van der Waals surface area contributed by atoms with Crippen molar-refractivity contribution in [1.82, 2.24) is 10.2 Å². The van der Waals surface area contributed by atoms with Crippen molar-refractivity contribution in [2.45, 2.75) is 36.7 Å². The van der Waals surface area contributed by atoms with Gasteiger partial charge in [0.1, 0.15) is 11.6 Å². The maximum Gasteiger partial charge on any atom is 0.277 e. The van der Waals surface area contributed by atoms with Crippen LogP contribution in [0.15, 0.2) is 58.2 Å². The zero-order valence-electron chi connectivity index (χ0n) is 14.9. The molecule has 0 bridgehead atoms. The van der Waals surface area contributed by atoms with E-state index in [1.54, 1.807) is 6.92 Å². The molecule has 0 amide bonds. The number of thioether (sulfide) groups is 1. The average molecular weight is 388 g/mol. The molecule has 0 aliphatic rings. The molecule has 0 saturated carbocycles. The van der Waals surface area contributed by atoms with Gasteiger partial charge in [-0.15, -0.1) is 10.2 Å². The lowest BCUT2D eigenvalue weighted by molar-refractivity contribution is 0.0989. The van der Waals surface area contributed by atoms with Crippen LogP contribution in [0.5, 0.6) is 0 Å². The molecule has 2 unspecified atom stereocenters. The molecule has 0 spiro atoms. The molecule has 27 heavy (non-hydrogen) atoms. The van der Waals surface area contributed by atoms with Gasteiger partial charge in [0.2, 0.25) is 5.89 Å². The molecule has 0 aliphatic heterocycles. The van der Waals surface area contributed by atoms with Crippen molar-refractivity contribution in [2.75, 3.05) is 0 Å². The van der Waals surface area contributed by atoms with E-state index in [-0.39, 0.29) is 16.7 Å². The molecule has 2 aromatic carbocycles. The third-order valence-corrected chi connectivity index (χ3v) is 5.08. The van der Waals surface area contributed by atoms with Gasteiger partial charge in [0.25, 0.3) is 5.22 Å². The smallest absolute Gasteiger partial charge is 0.277 e. The van der Waals surface area contributed by atoms with Crippen molar-refractivity contribution in [3.05, 3.63) is 77.2 Å². The SMILES string of the molecule is CC(Sc1nnc(CC(C)c2ccccc2)o1)C(=O)c1ccc(F)cc1F. The van der Waals surface area contributed by atoms with E-state index in [9.17, 15) is 13.6 Å². The van der Waals surface area contributed by atoms with Crippen molar-refractivity contribution in [2.24, 2.45) is 0 Å². The third kappa shape index (κ3) is 4.80. The summed E-state index contributed by atoms with van der Waals surface area (Å²) in [7, 11) is 0. The zero-order chi connectivity index (χ0) is 19.4. The summed E-state index contributed by atoms with van der Waals surface area (Å²) in [6.07, 6.45) is 0.576. The maximum atomic E-state index is 13.8. The summed E-state index contributed by atoms with van der Waals surface area (Å²) in [4.78, 5) is 12.4. The molecule has 0 N–H and O–H groups in total. The molecule has 4 nitrogen and oxygen atoms in total. The van der Waals surface area contributed by atoms with E-state index in [0.717, 1.165) is 23.9 Å². The molecule has 0 fully saturated rings. The van der Waals surface area contributed by atoms with Crippen molar-refractivity contribution in [3.8, 4) is 0 Å². The van der Waals surface area contributed by atoms with Crippen LogP contribution in [0.2, 0.25) is 0 Å². The Balaban J connectivity index is 1.64. The summed E-state index contributed by atoms with van der Waals surface area (Å²) in [5.74, 6) is -1.39. The largest absolute Gasteiger partial charge is 0.416 e. The van der Waals surface area contributed by atoms with Gasteiger partial charge >= 0.3 is 0 Å². The number of halogens is 2. The van der Waals surface area contributed by atoms with Crippen LogP contribution in [0.3, 0.4) is 0 Å². The number of ketones is 1. The summed E-state index contributed by atoms with van der Waals surface area (Å²) in [5.41, 5.74) is 1.01. The van der Waals surface area contributed by atoms with Crippen molar-refractivity contribution in [1.29, 1.82) is 0 Å². The molecular formula is C20H18F2N2O2S. The highest BCUT2D eigenvalue weighted by atomic mass is 32.2. The molecule has 1 aromatic heterocycles. The number of hydrogen-bond donors (Lipinski definition) is 0. The second-order valence-corrected chi connectivity index (χ2v) is 7.52. The fourth-order valence-corrected chi connectivity index (χ4v) is 3.41. The fourth-order valence-electron chi connectivity index (χ4n) is 2.64. The first-order valence-electron chi connectivity index (χ1n) is 8.47. The normalized spacial score (nSPS) is 13.3. The van der Waals surface area contributed by atoms with Crippen molar-refractivity contribution >= 4 is 17.5 Å². The number of carbonyl (C=O) groups is 1. The second-order valence-electron chi connectivity index (χ2n) is 6.23. The minimum atomic E-state index is -0.879. The number of benzene rings is 2. The topological polar surface area (TPSA) is 56.0 Å². The summed E-state index contributed by atoms with van der Waals surface area (Å²) in [5, 5.41) is 7.58. The van der Waals surface area contributed by atoms with Gasteiger partial charge < -0.3 is 4.42 Å². The van der Waals surface area contributed by atoms with Crippen LogP contribution >= 0.6 is 11.8 Å². The lowest BCUT2D eigenvalue weighted by Gasteiger charge is -2.09. The molecule has 0 aliphatic carbocycles. The van der Waals surface area contributed by atoms with Crippen LogP contribution in [0, 0.1) is 11.6 Å². The minimum absolute atomic E-state index is 0.158. The van der Waals surface area contributed by atoms with Crippen LogP contribution < -0.4 is 0 Å². The highest BCUT2D eigenvalue weighted by Crippen LogP contribution is 2.27. The van der Waals surface area contributed by atoms with Gasteiger partial charge in [0.15, 0.2) is 5.78 Å². The molecule has 3 aromatic rings. The van der Waals surface area contributed by atoms with E-state index in [4.69, 9.17) is 4.42 Å². The number of nitrogens with zero attached hydrogens (tertiary/aromatic N) is 2. The van der Waals surface area contributed by atoms with E-state index in [2.05, 4.69) is 17.1 Å². The van der Waals surface area contributed by atoms with E-state index < -0.39 is 22.7 Å². The average Bonchev–Trinajstić information content (AvgIpc) is 3.08. The first kappa shape index (κ1) is 19.2. The summed E-state index contributed by atoms with van der Waals surface area (Å²) in [6.45, 7) is 3.68. The Kier molecular flexibility index (Phi) is 6.01. The molecule has 140 valence electrons. The van der Waals surface area contributed by atoms with Gasteiger partial charge in [-0.2, -0.15) is 0 Å². The highest BCUT2D eigenvalue weighted by molar-refractivity contribution is 8.00. The van der Waals surface area contributed by atoms with Crippen LogP contribution in [0.4, 0.5) is 8.78 Å². The summed E-state index contributed by atoms with van der Waals surface area (Å²) < 4.78 is 32.4. The molecule has 2 atom stereocenters. The lowest BCUT2D eigenvalue weighted by Crippen LogP contribution is -2.15. The van der Waals surface area contributed by atoms with E-state index in [0.29, 0.717) is 18.4 Å². The van der Waals surface area contributed by atoms with Gasteiger partial charge in [0, 0.05) is 12.5 Å². The first-order chi connectivity index (χ1) is 12.9. The Labute approximate surface area is 160 Å². The van der Waals surface area contributed by atoms with Crippen LogP contribution in [-0.4, -0.2) is 21.2 Å². The molecule has 3 rings (SSSR count). The number of rotatable bonds is 7. The minimum Gasteiger partial charge on any atom is -0.416 e. The number of carbonyl (C=O) groups excluding carboxylic acids is 1. The van der Waals surface area contributed by atoms with Crippen LogP contribution in [0.1, 0.15) is 41.6 Å². The van der Waals surface area contributed by atoms with E-state index >= 15 is 0 Å². The Bertz CT molecular complexity index is 931. The van der Waals surface area contributed by atoms with Crippen molar-refractivity contribution < 1.29 is 18.0 Å². The van der Waals surface area contributed by atoms with Crippen LogP contribution in [0.25, 0.3) is 0 Å². The van der Waals surface area contributed by atoms with Crippen LogP contribution in [-0.2, 0) is 6.42 Å². The standard InChI is InChI=1S/C20H18F2N2O2S/c1-12(14-6-4-3-5-7-14)10-18-23-24-20(26-18)27-13(2)19(25)16-9-8-15(21)11-17(16)22/h3-9,11-13H,10H2,1-2H3. The summed E-state index contributed by atoms with van der Waals surface area (Å²) in [6, 6.07) is 12.9. The Hall–Kier alpha value is -2.54. The van der Waals surface area contributed by atoms with Gasteiger partial charge in [-0.25, -0.2) is 8.78 Å². The molecule has 7 heteroatoms. The zero-order valence-corrected chi connectivity index (χ0v) is 15.7. The summed E-state index contributed by atoms with van der Waals surface area (Å²) >= 11 is 1.05. The molecule has 0 radical (unpaired) electrons. The fraction of sp³-hybridized carbons (Fsp3) is 0.250. The van der Waals surface area contributed by atoms with Crippen molar-refractivity contribution in [3.63, 3.8) is 0 Å². The lowest BCUT2D eigenvalue weighted by atomic mass is 9.98. The number of Topliss-reactive ketones (excluding diaryl/α,β-unsaturated/α-hetero) is 1. The van der Waals surface area contributed by atoms with Gasteiger partial charge in [-0.1, -0.05) is 49.0 Å². The first-order valence-corrected chi connectivity index (χ1v) is 9.35. The van der Waals surface area contributed by atoms with Gasteiger partial charge in [-0.05, 0) is 30.5 Å². The monoisotopic (exact) mass is 388 g/mol.